The zero-order valence-electron chi connectivity index (χ0n) is 23.1. The van der Waals surface area contributed by atoms with E-state index in [0.717, 1.165) is 16.8 Å². The van der Waals surface area contributed by atoms with Crippen molar-refractivity contribution in [3.05, 3.63) is 72.3 Å². The number of hydrogen-bond donors (Lipinski definition) is 1. The lowest BCUT2D eigenvalue weighted by molar-refractivity contribution is -0.132. The van der Waals surface area contributed by atoms with E-state index in [1.54, 1.807) is 25.0 Å². The van der Waals surface area contributed by atoms with E-state index < -0.39 is 5.97 Å². The zero-order chi connectivity index (χ0) is 28.1. The van der Waals surface area contributed by atoms with Crippen LogP contribution in [-0.2, 0) is 9.59 Å². The molecule has 4 rings (SSSR count). The summed E-state index contributed by atoms with van der Waals surface area (Å²) < 4.78 is 18.5. The number of nitrogens with zero attached hydrogens (tertiary/aromatic N) is 2. The Kier molecular flexibility index (Phi) is 8.34. The Balaban J connectivity index is 1.92. The van der Waals surface area contributed by atoms with Crippen LogP contribution in [-0.4, -0.2) is 35.9 Å². The summed E-state index contributed by atoms with van der Waals surface area (Å²) in [5, 5.41) is 7.86. The van der Waals surface area contributed by atoms with Gasteiger partial charge >= 0.3 is 5.97 Å². The first-order valence-corrected chi connectivity index (χ1v) is 12.7. The van der Waals surface area contributed by atoms with E-state index in [-0.39, 0.29) is 17.7 Å². The van der Waals surface area contributed by atoms with Crippen molar-refractivity contribution in [2.45, 2.75) is 34.1 Å². The second kappa shape index (κ2) is 11.9. The van der Waals surface area contributed by atoms with Gasteiger partial charge in [0.25, 0.3) is 0 Å². The maximum absolute atomic E-state index is 12.3. The summed E-state index contributed by atoms with van der Waals surface area (Å²) in [5.74, 6) is 1.19. The van der Waals surface area contributed by atoms with E-state index >= 15 is 0 Å². The molecule has 0 saturated carbocycles. The van der Waals surface area contributed by atoms with Crippen LogP contribution in [0.2, 0.25) is 0 Å². The Labute approximate surface area is 228 Å². The minimum atomic E-state index is -0.477. The second-order valence-corrected chi connectivity index (χ2v) is 9.66. The molecule has 0 bridgehead atoms. The van der Waals surface area contributed by atoms with Crippen LogP contribution in [0.25, 0.3) is 28.1 Å². The molecule has 1 N–H and O–H groups in total. The van der Waals surface area contributed by atoms with Gasteiger partial charge in [-0.2, -0.15) is 9.78 Å². The third-order valence-corrected chi connectivity index (χ3v) is 6.08. The summed E-state index contributed by atoms with van der Waals surface area (Å²) in [7, 11) is 3.17. The van der Waals surface area contributed by atoms with Crippen LogP contribution in [0.15, 0.2) is 66.7 Å². The van der Waals surface area contributed by atoms with Gasteiger partial charge in [0.2, 0.25) is 11.8 Å². The molecule has 1 aromatic heterocycles. The lowest BCUT2D eigenvalue weighted by Crippen LogP contribution is -2.13. The van der Waals surface area contributed by atoms with Crippen LogP contribution >= 0.6 is 0 Å². The highest BCUT2D eigenvalue weighted by Gasteiger charge is 2.26. The number of benzene rings is 3. The maximum atomic E-state index is 12.3. The van der Waals surface area contributed by atoms with Gasteiger partial charge in [-0.1, -0.05) is 43.7 Å². The van der Waals surface area contributed by atoms with E-state index in [9.17, 15) is 9.59 Å². The van der Waals surface area contributed by atoms with Crippen molar-refractivity contribution in [2.24, 2.45) is 5.92 Å². The van der Waals surface area contributed by atoms with Crippen LogP contribution in [0, 0.1) is 12.8 Å². The summed E-state index contributed by atoms with van der Waals surface area (Å²) in [4.78, 5) is 24.6. The number of aromatic nitrogens is 2. The largest absolute Gasteiger partial charge is 0.497 e. The molecular weight excluding hydrogens is 494 g/mol. The molecule has 0 aliphatic heterocycles. The average Bonchev–Trinajstić information content (AvgIpc) is 3.26. The first-order chi connectivity index (χ1) is 18.7. The number of rotatable bonds is 9. The average molecular weight is 528 g/mol. The van der Waals surface area contributed by atoms with Crippen molar-refractivity contribution in [2.75, 3.05) is 19.5 Å². The van der Waals surface area contributed by atoms with Gasteiger partial charge in [-0.05, 0) is 54.8 Å². The third-order valence-electron chi connectivity index (χ3n) is 6.08. The first kappa shape index (κ1) is 27.4. The number of amides is 1. The standard InChI is InChI=1S/C31H33N3O5/c1-19(2)17-28(36)32-23-11-9-22(10-12-23)29-30(26-16-15-25(37-5)18-27(26)38-6)33-34(31(29)39-21(4)35)24-13-7-20(3)8-14-24/h7-16,18-19H,17H2,1-6H3,(H,32,36). The van der Waals surface area contributed by atoms with E-state index in [0.29, 0.717) is 40.4 Å². The topological polar surface area (TPSA) is 91.7 Å². The smallest absolute Gasteiger partial charge is 0.309 e. The fourth-order valence-electron chi connectivity index (χ4n) is 4.24. The Hall–Kier alpha value is -4.59. The molecule has 0 atom stereocenters. The Bertz CT molecular complexity index is 1470. The van der Waals surface area contributed by atoms with Gasteiger partial charge in [0, 0.05) is 30.7 Å². The van der Waals surface area contributed by atoms with Crippen LogP contribution < -0.4 is 19.5 Å². The molecule has 0 saturated heterocycles. The summed E-state index contributed by atoms with van der Waals surface area (Å²) in [5.41, 5.74) is 5.10. The number of esters is 1. The lowest BCUT2D eigenvalue weighted by atomic mass is 10.00. The number of aryl methyl sites for hydroxylation is 1. The number of carbonyl (C=O) groups excluding carboxylic acids is 2. The van der Waals surface area contributed by atoms with Crippen LogP contribution in [0.3, 0.4) is 0 Å². The highest BCUT2D eigenvalue weighted by molar-refractivity contribution is 5.92. The molecule has 8 nitrogen and oxygen atoms in total. The Morgan fingerprint density at radius 3 is 2.23 bits per heavy atom. The first-order valence-electron chi connectivity index (χ1n) is 12.7. The SMILES string of the molecule is COc1ccc(-c2nn(-c3ccc(C)cc3)c(OC(C)=O)c2-c2ccc(NC(=O)CC(C)C)cc2)c(OC)c1. The van der Waals surface area contributed by atoms with Crippen molar-refractivity contribution in [1.82, 2.24) is 9.78 Å². The fraction of sp³-hybridized carbons (Fsp3) is 0.258. The van der Waals surface area contributed by atoms with Gasteiger partial charge in [-0.15, -0.1) is 0 Å². The number of hydrogen-bond acceptors (Lipinski definition) is 6. The van der Waals surface area contributed by atoms with Crippen LogP contribution in [0.5, 0.6) is 17.4 Å². The van der Waals surface area contributed by atoms with Crippen LogP contribution in [0.1, 0.15) is 32.8 Å². The molecule has 1 heterocycles. The minimum Gasteiger partial charge on any atom is -0.497 e. The van der Waals surface area contributed by atoms with E-state index in [4.69, 9.17) is 19.3 Å². The van der Waals surface area contributed by atoms with E-state index in [2.05, 4.69) is 5.32 Å². The van der Waals surface area contributed by atoms with Gasteiger partial charge in [-0.3, -0.25) is 9.59 Å². The molecule has 0 aliphatic carbocycles. The van der Waals surface area contributed by atoms with Gasteiger partial charge in [0.1, 0.15) is 17.2 Å². The summed E-state index contributed by atoms with van der Waals surface area (Å²) in [6, 6.07) is 20.6. The van der Waals surface area contributed by atoms with Crippen molar-refractivity contribution in [3.63, 3.8) is 0 Å². The lowest BCUT2D eigenvalue weighted by Gasteiger charge is -2.12. The normalized spacial score (nSPS) is 10.8. The molecule has 3 aromatic carbocycles. The minimum absolute atomic E-state index is 0.0470. The molecule has 0 aliphatic rings. The molecule has 4 aromatic rings. The maximum Gasteiger partial charge on any atom is 0.309 e. The van der Waals surface area contributed by atoms with E-state index in [1.165, 1.54) is 6.92 Å². The summed E-state index contributed by atoms with van der Waals surface area (Å²) in [6.45, 7) is 7.36. The van der Waals surface area contributed by atoms with Gasteiger partial charge < -0.3 is 19.5 Å². The van der Waals surface area contributed by atoms with Crippen molar-refractivity contribution < 1.29 is 23.8 Å². The van der Waals surface area contributed by atoms with Crippen molar-refractivity contribution in [3.8, 4) is 45.5 Å². The molecule has 39 heavy (non-hydrogen) atoms. The molecule has 0 fully saturated rings. The monoisotopic (exact) mass is 527 g/mol. The Morgan fingerprint density at radius 2 is 1.64 bits per heavy atom. The molecule has 202 valence electrons. The third kappa shape index (κ3) is 6.29. The predicted octanol–water partition coefficient (Wildman–Crippen LogP) is 6.44. The van der Waals surface area contributed by atoms with Crippen molar-refractivity contribution >= 4 is 17.6 Å². The number of nitrogens with one attached hydrogen (secondary N) is 1. The van der Waals surface area contributed by atoms with Crippen molar-refractivity contribution in [1.29, 1.82) is 0 Å². The van der Waals surface area contributed by atoms with Gasteiger partial charge in [-0.25, -0.2) is 0 Å². The van der Waals surface area contributed by atoms with Crippen LogP contribution in [0.4, 0.5) is 5.69 Å². The molecule has 8 heteroatoms. The van der Waals surface area contributed by atoms with Gasteiger partial charge in [0.05, 0.1) is 25.5 Å². The fourth-order valence-corrected chi connectivity index (χ4v) is 4.24. The zero-order valence-corrected chi connectivity index (χ0v) is 23.1. The Morgan fingerprint density at radius 1 is 0.949 bits per heavy atom. The highest BCUT2D eigenvalue weighted by Crippen LogP contribution is 2.44. The van der Waals surface area contributed by atoms with E-state index in [1.807, 2.05) is 81.4 Å². The molecule has 0 spiro atoms. The summed E-state index contributed by atoms with van der Waals surface area (Å²) >= 11 is 0. The number of anilines is 1. The number of methoxy groups -OCH3 is 2. The van der Waals surface area contributed by atoms with Gasteiger partial charge in [0.15, 0.2) is 0 Å². The quantitative estimate of drug-likeness (QED) is 0.252. The number of carbonyl (C=O) groups is 2. The highest BCUT2D eigenvalue weighted by atomic mass is 16.5. The molecule has 1 amide bonds. The number of ether oxygens (including phenoxy) is 3. The summed E-state index contributed by atoms with van der Waals surface area (Å²) in [6.07, 6.45) is 0.434. The molecular formula is C31H33N3O5. The molecule has 0 unspecified atom stereocenters. The second-order valence-electron chi connectivity index (χ2n) is 9.66. The molecule has 0 radical (unpaired) electrons. The predicted molar refractivity (Wildman–Crippen MR) is 152 cm³/mol.